The highest BCUT2D eigenvalue weighted by Gasteiger charge is 2.38. The molecule has 4 rings (SSSR count). The van der Waals surface area contributed by atoms with E-state index >= 15 is 0 Å². The molecule has 2 aliphatic heterocycles. The molecule has 3 fully saturated rings. The van der Waals surface area contributed by atoms with Crippen LogP contribution in [0.25, 0.3) is 0 Å². The maximum absolute atomic E-state index is 12.9. The molecule has 3 aliphatic rings. The van der Waals surface area contributed by atoms with E-state index in [1.165, 1.54) is 25.7 Å². The SMILES string of the molecule is CC(NC(=O)C1CC(=O)N(C2CCCCCC2)C1)c1cccc(N2CCCC2=O)c1. The van der Waals surface area contributed by atoms with Crippen molar-refractivity contribution in [3.63, 3.8) is 0 Å². The number of amides is 3. The molecular formula is C24H33N3O3. The lowest BCUT2D eigenvalue weighted by Gasteiger charge is -2.27. The molecule has 3 amide bonds. The van der Waals surface area contributed by atoms with Crippen LogP contribution >= 0.6 is 0 Å². The van der Waals surface area contributed by atoms with Gasteiger partial charge in [-0.2, -0.15) is 0 Å². The minimum atomic E-state index is -0.272. The van der Waals surface area contributed by atoms with Crippen molar-refractivity contribution < 1.29 is 14.4 Å². The molecule has 2 saturated heterocycles. The summed E-state index contributed by atoms with van der Waals surface area (Å²) in [5.41, 5.74) is 1.87. The Labute approximate surface area is 179 Å². The van der Waals surface area contributed by atoms with Crippen molar-refractivity contribution in [2.75, 3.05) is 18.0 Å². The summed E-state index contributed by atoms with van der Waals surface area (Å²) in [5, 5.41) is 3.10. The highest BCUT2D eigenvalue weighted by atomic mass is 16.2. The normalized spacial score (nSPS) is 24.2. The minimum Gasteiger partial charge on any atom is -0.349 e. The van der Waals surface area contributed by atoms with Crippen molar-refractivity contribution in [1.29, 1.82) is 0 Å². The van der Waals surface area contributed by atoms with Crippen LogP contribution in [0.4, 0.5) is 5.69 Å². The fourth-order valence-corrected chi connectivity index (χ4v) is 5.13. The molecule has 0 aromatic heterocycles. The van der Waals surface area contributed by atoms with Gasteiger partial charge in [-0.15, -0.1) is 0 Å². The summed E-state index contributed by atoms with van der Waals surface area (Å²) in [6, 6.07) is 7.99. The molecule has 30 heavy (non-hydrogen) atoms. The van der Waals surface area contributed by atoms with Crippen LogP contribution in [0.5, 0.6) is 0 Å². The summed E-state index contributed by atoms with van der Waals surface area (Å²) in [6.45, 7) is 3.26. The maximum atomic E-state index is 12.9. The van der Waals surface area contributed by atoms with E-state index in [0.717, 1.165) is 37.1 Å². The van der Waals surface area contributed by atoms with Crippen LogP contribution < -0.4 is 10.2 Å². The first-order valence-electron chi connectivity index (χ1n) is 11.5. The largest absolute Gasteiger partial charge is 0.349 e. The van der Waals surface area contributed by atoms with Crippen LogP contribution in [0.3, 0.4) is 0 Å². The Morgan fingerprint density at radius 3 is 2.53 bits per heavy atom. The maximum Gasteiger partial charge on any atom is 0.227 e. The lowest BCUT2D eigenvalue weighted by Crippen LogP contribution is -2.38. The fraction of sp³-hybridized carbons (Fsp3) is 0.625. The first kappa shape index (κ1) is 20.9. The van der Waals surface area contributed by atoms with Gasteiger partial charge in [0.25, 0.3) is 0 Å². The molecule has 6 heteroatoms. The van der Waals surface area contributed by atoms with Gasteiger partial charge in [-0.1, -0.05) is 37.8 Å². The van der Waals surface area contributed by atoms with Gasteiger partial charge in [-0.05, 0) is 43.9 Å². The molecule has 1 aromatic rings. The number of benzene rings is 1. The third-order valence-electron chi connectivity index (χ3n) is 6.91. The minimum absolute atomic E-state index is 0.0466. The van der Waals surface area contributed by atoms with Gasteiger partial charge in [0.05, 0.1) is 12.0 Å². The van der Waals surface area contributed by atoms with E-state index in [1.807, 2.05) is 41.0 Å². The second-order valence-electron chi connectivity index (χ2n) is 9.07. The van der Waals surface area contributed by atoms with Gasteiger partial charge in [-0.25, -0.2) is 0 Å². The zero-order valence-electron chi connectivity index (χ0n) is 17.9. The average Bonchev–Trinajstić information content (AvgIpc) is 3.24. The van der Waals surface area contributed by atoms with Gasteiger partial charge in [-0.3, -0.25) is 14.4 Å². The standard InChI is InChI=1S/C24H33N3O3/c1-17(18-8-6-11-21(14-18)26-13-7-12-22(26)28)25-24(30)19-15-23(29)27(16-19)20-9-4-2-3-5-10-20/h6,8,11,14,17,19-20H,2-5,7,9-10,12-13,15-16H2,1H3,(H,25,30). The van der Waals surface area contributed by atoms with E-state index in [9.17, 15) is 14.4 Å². The second-order valence-corrected chi connectivity index (χ2v) is 9.07. The number of nitrogens with zero attached hydrogens (tertiary/aromatic N) is 2. The topological polar surface area (TPSA) is 69.7 Å². The number of anilines is 1. The molecule has 6 nitrogen and oxygen atoms in total. The number of likely N-dealkylation sites (tertiary alicyclic amines) is 1. The summed E-state index contributed by atoms with van der Waals surface area (Å²) in [5.74, 6) is -0.0303. The molecule has 0 spiro atoms. The zero-order chi connectivity index (χ0) is 21.1. The molecule has 2 heterocycles. The number of nitrogens with one attached hydrogen (secondary N) is 1. The summed E-state index contributed by atoms with van der Waals surface area (Å²) >= 11 is 0. The quantitative estimate of drug-likeness (QED) is 0.753. The van der Waals surface area contributed by atoms with Gasteiger partial charge in [0.2, 0.25) is 17.7 Å². The lowest BCUT2D eigenvalue weighted by atomic mass is 10.0. The van der Waals surface area contributed by atoms with Crippen molar-refractivity contribution in [2.45, 2.75) is 76.8 Å². The Bertz CT molecular complexity index is 801. The summed E-state index contributed by atoms with van der Waals surface area (Å²) in [6.07, 6.45) is 8.81. The molecule has 1 aromatic carbocycles. The van der Waals surface area contributed by atoms with E-state index in [-0.39, 0.29) is 29.7 Å². The van der Waals surface area contributed by atoms with Crippen LogP contribution in [-0.2, 0) is 14.4 Å². The Morgan fingerprint density at radius 2 is 1.83 bits per heavy atom. The monoisotopic (exact) mass is 411 g/mol. The number of carbonyl (C=O) groups excluding carboxylic acids is 3. The predicted molar refractivity (Wildman–Crippen MR) is 116 cm³/mol. The van der Waals surface area contributed by atoms with Crippen molar-refractivity contribution >= 4 is 23.4 Å². The molecule has 1 saturated carbocycles. The number of hydrogen-bond donors (Lipinski definition) is 1. The number of hydrogen-bond acceptors (Lipinski definition) is 3. The van der Waals surface area contributed by atoms with Crippen LogP contribution in [0, 0.1) is 5.92 Å². The highest BCUT2D eigenvalue weighted by Crippen LogP contribution is 2.29. The lowest BCUT2D eigenvalue weighted by molar-refractivity contribution is -0.130. The van der Waals surface area contributed by atoms with E-state index in [1.54, 1.807) is 0 Å². The van der Waals surface area contributed by atoms with Gasteiger partial charge in [0.15, 0.2) is 0 Å². The zero-order valence-corrected chi connectivity index (χ0v) is 17.9. The first-order chi connectivity index (χ1) is 14.5. The van der Waals surface area contributed by atoms with Crippen LogP contribution in [0.2, 0.25) is 0 Å². The molecule has 1 N–H and O–H groups in total. The Balaban J connectivity index is 1.37. The van der Waals surface area contributed by atoms with Crippen LogP contribution in [-0.4, -0.2) is 41.8 Å². The molecular weight excluding hydrogens is 378 g/mol. The molecule has 2 unspecified atom stereocenters. The van der Waals surface area contributed by atoms with E-state index in [4.69, 9.17) is 0 Å². The van der Waals surface area contributed by atoms with Crippen molar-refractivity contribution in [3.05, 3.63) is 29.8 Å². The van der Waals surface area contributed by atoms with E-state index in [2.05, 4.69) is 5.32 Å². The molecule has 1 aliphatic carbocycles. The molecule has 0 radical (unpaired) electrons. The van der Waals surface area contributed by atoms with Crippen LogP contribution in [0.15, 0.2) is 24.3 Å². The van der Waals surface area contributed by atoms with Gasteiger partial charge < -0.3 is 15.1 Å². The van der Waals surface area contributed by atoms with Crippen molar-refractivity contribution in [1.82, 2.24) is 10.2 Å². The highest BCUT2D eigenvalue weighted by molar-refractivity contribution is 5.95. The smallest absolute Gasteiger partial charge is 0.227 e. The van der Waals surface area contributed by atoms with E-state index < -0.39 is 0 Å². The van der Waals surface area contributed by atoms with Gasteiger partial charge >= 0.3 is 0 Å². The summed E-state index contributed by atoms with van der Waals surface area (Å²) in [7, 11) is 0. The van der Waals surface area contributed by atoms with Crippen molar-refractivity contribution in [2.24, 2.45) is 5.92 Å². The molecule has 0 bridgehead atoms. The second kappa shape index (κ2) is 9.19. The van der Waals surface area contributed by atoms with Gasteiger partial charge in [0, 0.05) is 37.7 Å². The Kier molecular flexibility index (Phi) is 6.40. The van der Waals surface area contributed by atoms with Gasteiger partial charge in [0.1, 0.15) is 0 Å². The Hall–Kier alpha value is -2.37. The predicted octanol–water partition coefficient (Wildman–Crippen LogP) is 3.56. The number of rotatable bonds is 5. The molecule has 2 atom stereocenters. The van der Waals surface area contributed by atoms with Crippen LogP contribution in [0.1, 0.15) is 76.3 Å². The fourth-order valence-electron chi connectivity index (χ4n) is 5.13. The molecule has 162 valence electrons. The summed E-state index contributed by atoms with van der Waals surface area (Å²) < 4.78 is 0. The first-order valence-corrected chi connectivity index (χ1v) is 11.5. The third kappa shape index (κ3) is 4.52. The van der Waals surface area contributed by atoms with Crippen molar-refractivity contribution in [3.8, 4) is 0 Å². The number of carbonyl (C=O) groups is 3. The van der Waals surface area contributed by atoms with E-state index in [0.29, 0.717) is 25.4 Å². The third-order valence-corrected chi connectivity index (χ3v) is 6.91. The summed E-state index contributed by atoms with van der Waals surface area (Å²) in [4.78, 5) is 41.3. The Morgan fingerprint density at radius 1 is 1.07 bits per heavy atom. The average molecular weight is 412 g/mol.